The summed E-state index contributed by atoms with van der Waals surface area (Å²) in [4.78, 5) is 39.7. The van der Waals surface area contributed by atoms with Gasteiger partial charge in [-0.15, -0.1) is 11.3 Å². The summed E-state index contributed by atoms with van der Waals surface area (Å²) < 4.78 is 5.34. The zero-order valence-electron chi connectivity index (χ0n) is 13.6. The van der Waals surface area contributed by atoms with Gasteiger partial charge in [0.25, 0.3) is 11.8 Å². The number of aromatic nitrogens is 1. The summed E-state index contributed by atoms with van der Waals surface area (Å²) in [7, 11) is 0. The zero-order valence-corrected chi connectivity index (χ0v) is 14.4. The molecule has 130 valence electrons. The monoisotopic (exact) mass is 359 g/mol. The Kier molecular flexibility index (Phi) is 5.20. The summed E-state index contributed by atoms with van der Waals surface area (Å²) in [5.74, 6) is -0.727. The molecule has 1 saturated heterocycles. The first-order valence-corrected chi connectivity index (χ1v) is 8.71. The van der Waals surface area contributed by atoms with E-state index in [1.165, 1.54) is 18.3 Å². The number of hydrogen-bond donors (Lipinski definition) is 2. The van der Waals surface area contributed by atoms with E-state index in [-0.39, 0.29) is 17.6 Å². The first-order valence-electron chi connectivity index (χ1n) is 7.83. The van der Waals surface area contributed by atoms with Crippen LogP contribution in [-0.4, -0.2) is 35.3 Å². The average Bonchev–Trinajstić information content (AvgIpc) is 3.27. The second-order valence-electron chi connectivity index (χ2n) is 5.62. The first kappa shape index (κ1) is 17.2. The molecule has 2 aromatic rings. The van der Waals surface area contributed by atoms with Crippen molar-refractivity contribution in [1.29, 1.82) is 0 Å². The summed E-state index contributed by atoms with van der Waals surface area (Å²) >= 11 is 1.18. The van der Waals surface area contributed by atoms with Crippen LogP contribution in [0.5, 0.6) is 0 Å². The standard InChI is InChI=1S/C17H17N3O4S/c1-10(21)13-9-25-17(19-13)20-15(22)11-4-2-5-12(8-11)18-16(23)14-6-3-7-24-14/h2,4-5,8-9,14H,3,6-7H2,1H3,(H,18,23)(H,19,20,22)/t14-/m0/s1. The molecule has 1 fully saturated rings. The molecule has 1 aromatic carbocycles. The largest absolute Gasteiger partial charge is 0.368 e. The fourth-order valence-electron chi connectivity index (χ4n) is 2.41. The van der Waals surface area contributed by atoms with Gasteiger partial charge >= 0.3 is 0 Å². The van der Waals surface area contributed by atoms with Crippen molar-refractivity contribution in [3.05, 3.63) is 40.9 Å². The highest BCUT2D eigenvalue weighted by Gasteiger charge is 2.23. The average molecular weight is 359 g/mol. The molecule has 2 amide bonds. The van der Waals surface area contributed by atoms with Crippen molar-refractivity contribution >= 4 is 39.8 Å². The van der Waals surface area contributed by atoms with Crippen molar-refractivity contribution in [3.8, 4) is 0 Å². The zero-order chi connectivity index (χ0) is 17.8. The summed E-state index contributed by atoms with van der Waals surface area (Å²) in [5.41, 5.74) is 1.22. The maximum absolute atomic E-state index is 12.3. The van der Waals surface area contributed by atoms with Gasteiger partial charge in [-0.05, 0) is 31.0 Å². The highest BCUT2D eigenvalue weighted by atomic mass is 32.1. The summed E-state index contributed by atoms with van der Waals surface area (Å²) in [5, 5.41) is 7.35. The quantitative estimate of drug-likeness (QED) is 0.800. The molecule has 0 unspecified atom stereocenters. The van der Waals surface area contributed by atoms with Gasteiger partial charge in [0.1, 0.15) is 11.8 Å². The Balaban J connectivity index is 1.66. The predicted octanol–water partition coefficient (Wildman–Crippen LogP) is 2.72. The first-order chi connectivity index (χ1) is 12.0. The molecule has 1 aliphatic heterocycles. The number of nitrogens with one attached hydrogen (secondary N) is 2. The third kappa shape index (κ3) is 4.28. The molecule has 2 N–H and O–H groups in total. The molecule has 8 heteroatoms. The number of ketones is 1. The van der Waals surface area contributed by atoms with Crippen LogP contribution in [0.15, 0.2) is 29.6 Å². The SMILES string of the molecule is CC(=O)c1csc(NC(=O)c2cccc(NC(=O)[C@@H]3CCCO3)c2)n1. The molecule has 25 heavy (non-hydrogen) atoms. The van der Waals surface area contributed by atoms with Gasteiger partial charge in [-0.3, -0.25) is 19.7 Å². The van der Waals surface area contributed by atoms with Gasteiger partial charge in [0.2, 0.25) is 0 Å². The van der Waals surface area contributed by atoms with E-state index in [2.05, 4.69) is 15.6 Å². The lowest BCUT2D eigenvalue weighted by Crippen LogP contribution is -2.27. The second kappa shape index (κ2) is 7.54. The Bertz CT molecular complexity index is 812. The minimum atomic E-state index is -0.433. The fraction of sp³-hybridized carbons (Fsp3) is 0.294. The molecule has 7 nitrogen and oxygen atoms in total. The van der Waals surface area contributed by atoms with Gasteiger partial charge in [-0.1, -0.05) is 6.07 Å². The summed E-state index contributed by atoms with van der Waals surface area (Å²) in [6.07, 6.45) is 1.14. The molecule has 1 aliphatic rings. The number of anilines is 2. The van der Waals surface area contributed by atoms with E-state index in [0.717, 1.165) is 6.42 Å². The van der Waals surface area contributed by atoms with Crippen molar-refractivity contribution in [2.24, 2.45) is 0 Å². The van der Waals surface area contributed by atoms with Crippen LogP contribution in [0, 0.1) is 0 Å². The number of nitrogens with zero attached hydrogens (tertiary/aromatic N) is 1. The number of Topliss-reactive ketones (excluding diaryl/α,β-unsaturated/α-hetero) is 1. The molecule has 0 spiro atoms. The van der Waals surface area contributed by atoms with Crippen molar-refractivity contribution in [2.45, 2.75) is 25.9 Å². The van der Waals surface area contributed by atoms with Crippen LogP contribution in [0.4, 0.5) is 10.8 Å². The number of rotatable bonds is 5. The molecular weight excluding hydrogens is 342 g/mol. The van der Waals surface area contributed by atoms with E-state index in [4.69, 9.17) is 4.74 Å². The van der Waals surface area contributed by atoms with E-state index >= 15 is 0 Å². The number of carbonyl (C=O) groups excluding carboxylic acids is 3. The topological polar surface area (TPSA) is 97.4 Å². The van der Waals surface area contributed by atoms with Gasteiger partial charge in [0, 0.05) is 30.2 Å². The fourth-order valence-corrected chi connectivity index (χ4v) is 3.15. The molecule has 0 aliphatic carbocycles. The van der Waals surface area contributed by atoms with Crippen LogP contribution in [-0.2, 0) is 9.53 Å². The maximum Gasteiger partial charge on any atom is 0.257 e. The number of hydrogen-bond acceptors (Lipinski definition) is 6. The van der Waals surface area contributed by atoms with Gasteiger partial charge in [0.05, 0.1) is 0 Å². The summed E-state index contributed by atoms with van der Waals surface area (Å²) in [6, 6.07) is 6.61. The van der Waals surface area contributed by atoms with Crippen LogP contribution < -0.4 is 10.6 Å². The third-order valence-corrected chi connectivity index (χ3v) is 4.46. The lowest BCUT2D eigenvalue weighted by atomic mass is 10.1. The van der Waals surface area contributed by atoms with Gasteiger partial charge in [-0.2, -0.15) is 0 Å². The molecule has 2 heterocycles. The van der Waals surface area contributed by atoms with E-state index < -0.39 is 6.10 Å². The lowest BCUT2D eigenvalue weighted by Gasteiger charge is -2.11. The van der Waals surface area contributed by atoms with E-state index in [1.54, 1.807) is 29.6 Å². The second-order valence-corrected chi connectivity index (χ2v) is 6.48. The Hall–Kier alpha value is -2.58. The Morgan fingerprint density at radius 1 is 1.28 bits per heavy atom. The minimum absolute atomic E-state index is 0.157. The predicted molar refractivity (Wildman–Crippen MR) is 94.1 cm³/mol. The maximum atomic E-state index is 12.3. The summed E-state index contributed by atoms with van der Waals surface area (Å²) in [6.45, 7) is 2.01. The van der Waals surface area contributed by atoms with Crippen molar-refractivity contribution in [2.75, 3.05) is 17.2 Å². The van der Waals surface area contributed by atoms with Gasteiger partial charge in [0.15, 0.2) is 10.9 Å². The molecule has 3 rings (SSSR count). The molecule has 0 saturated carbocycles. The normalized spacial score (nSPS) is 16.4. The van der Waals surface area contributed by atoms with Crippen LogP contribution >= 0.6 is 11.3 Å². The highest BCUT2D eigenvalue weighted by molar-refractivity contribution is 7.14. The molecule has 1 atom stereocenters. The number of benzene rings is 1. The number of carbonyl (C=O) groups is 3. The Morgan fingerprint density at radius 3 is 2.80 bits per heavy atom. The van der Waals surface area contributed by atoms with Gasteiger partial charge < -0.3 is 10.1 Å². The molecular formula is C17H17N3O4S. The number of ether oxygens (including phenoxy) is 1. The van der Waals surface area contributed by atoms with Crippen LogP contribution in [0.3, 0.4) is 0 Å². The van der Waals surface area contributed by atoms with E-state index in [0.29, 0.717) is 35.1 Å². The Labute approximate surface area is 148 Å². The molecule has 0 bridgehead atoms. The van der Waals surface area contributed by atoms with E-state index in [9.17, 15) is 14.4 Å². The van der Waals surface area contributed by atoms with Crippen LogP contribution in [0.25, 0.3) is 0 Å². The minimum Gasteiger partial charge on any atom is -0.368 e. The number of thiazole rings is 1. The van der Waals surface area contributed by atoms with Crippen molar-refractivity contribution < 1.29 is 19.1 Å². The van der Waals surface area contributed by atoms with Crippen molar-refractivity contribution in [3.63, 3.8) is 0 Å². The highest BCUT2D eigenvalue weighted by Crippen LogP contribution is 2.19. The lowest BCUT2D eigenvalue weighted by molar-refractivity contribution is -0.124. The van der Waals surface area contributed by atoms with Gasteiger partial charge in [-0.25, -0.2) is 4.98 Å². The molecule has 1 aromatic heterocycles. The Morgan fingerprint density at radius 2 is 2.12 bits per heavy atom. The third-order valence-electron chi connectivity index (χ3n) is 3.70. The van der Waals surface area contributed by atoms with Crippen LogP contribution in [0.1, 0.15) is 40.6 Å². The van der Waals surface area contributed by atoms with Crippen LogP contribution in [0.2, 0.25) is 0 Å². The smallest absolute Gasteiger partial charge is 0.257 e. The van der Waals surface area contributed by atoms with E-state index in [1.807, 2.05) is 0 Å². The van der Waals surface area contributed by atoms with Crippen molar-refractivity contribution in [1.82, 2.24) is 4.98 Å². The number of amides is 2. The molecule has 0 radical (unpaired) electrons.